The van der Waals surface area contributed by atoms with Crippen LogP contribution in [0.5, 0.6) is 11.5 Å². The normalized spacial score (nSPS) is 10.9. The molecule has 0 atom stereocenters. The van der Waals surface area contributed by atoms with Crippen molar-refractivity contribution in [1.82, 2.24) is 14.9 Å². The second-order valence-corrected chi connectivity index (χ2v) is 8.10. The molecule has 3 aromatic carbocycles. The molecule has 1 heterocycles. The van der Waals surface area contributed by atoms with Gasteiger partial charge in [-0.3, -0.25) is 4.79 Å². The van der Waals surface area contributed by atoms with Crippen molar-refractivity contribution in [2.45, 2.75) is 32.2 Å². The van der Waals surface area contributed by atoms with Crippen LogP contribution < -0.4 is 14.8 Å². The average Bonchev–Trinajstić information content (AvgIpc) is 3.24. The van der Waals surface area contributed by atoms with Gasteiger partial charge < -0.3 is 19.4 Å². The van der Waals surface area contributed by atoms with Crippen molar-refractivity contribution in [1.29, 1.82) is 0 Å². The molecule has 0 aliphatic heterocycles. The summed E-state index contributed by atoms with van der Waals surface area (Å²) in [5, 5.41) is 3.00. The molecule has 0 spiro atoms. The SMILES string of the molecule is COc1ccccc1C(=O)NCCCc1nc2ccccc2n1CCCCOc1ccccc1. The minimum Gasteiger partial charge on any atom is -0.496 e. The predicted octanol–water partition coefficient (Wildman–Crippen LogP) is 5.27. The number of benzene rings is 3. The Kier molecular flexibility index (Phi) is 8.17. The zero-order valence-corrected chi connectivity index (χ0v) is 19.6. The van der Waals surface area contributed by atoms with Crippen molar-refractivity contribution in [3.63, 3.8) is 0 Å². The third-order valence-corrected chi connectivity index (χ3v) is 5.74. The average molecular weight is 458 g/mol. The van der Waals surface area contributed by atoms with Gasteiger partial charge in [0.05, 0.1) is 30.3 Å². The molecule has 176 valence electrons. The van der Waals surface area contributed by atoms with Crippen molar-refractivity contribution in [3.8, 4) is 11.5 Å². The molecular weight excluding hydrogens is 426 g/mol. The van der Waals surface area contributed by atoms with Crippen molar-refractivity contribution < 1.29 is 14.3 Å². The number of aryl methyl sites for hydroxylation is 2. The van der Waals surface area contributed by atoms with E-state index in [4.69, 9.17) is 14.5 Å². The lowest BCUT2D eigenvalue weighted by Crippen LogP contribution is -2.25. The van der Waals surface area contributed by atoms with E-state index >= 15 is 0 Å². The first-order valence-corrected chi connectivity index (χ1v) is 11.8. The van der Waals surface area contributed by atoms with Gasteiger partial charge in [-0.25, -0.2) is 4.98 Å². The van der Waals surface area contributed by atoms with Crippen molar-refractivity contribution >= 4 is 16.9 Å². The maximum Gasteiger partial charge on any atom is 0.255 e. The number of nitrogens with zero attached hydrogens (tertiary/aromatic N) is 2. The number of para-hydroxylation sites is 4. The summed E-state index contributed by atoms with van der Waals surface area (Å²) in [6.45, 7) is 2.16. The number of carbonyl (C=O) groups excluding carboxylic acids is 1. The first-order valence-electron chi connectivity index (χ1n) is 11.8. The maximum absolute atomic E-state index is 12.5. The highest BCUT2D eigenvalue weighted by molar-refractivity contribution is 5.96. The lowest BCUT2D eigenvalue weighted by molar-refractivity contribution is 0.0950. The third kappa shape index (κ3) is 5.95. The third-order valence-electron chi connectivity index (χ3n) is 5.74. The van der Waals surface area contributed by atoms with Gasteiger partial charge in [0.2, 0.25) is 0 Å². The number of unbranched alkanes of at least 4 members (excludes halogenated alkanes) is 1. The molecule has 0 bridgehead atoms. The maximum atomic E-state index is 12.5. The van der Waals surface area contributed by atoms with Gasteiger partial charge in [0.25, 0.3) is 5.91 Å². The molecule has 34 heavy (non-hydrogen) atoms. The lowest BCUT2D eigenvalue weighted by atomic mass is 10.2. The topological polar surface area (TPSA) is 65.4 Å². The molecule has 1 amide bonds. The van der Waals surface area contributed by atoms with Gasteiger partial charge in [-0.15, -0.1) is 0 Å². The number of amides is 1. The van der Waals surface area contributed by atoms with Gasteiger partial charge in [0.1, 0.15) is 17.3 Å². The molecule has 6 nitrogen and oxygen atoms in total. The number of methoxy groups -OCH3 is 1. The number of rotatable bonds is 12. The Bertz CT molecular complexity index is 1200. The minimum atomic E-state index is -0.121. The van der Waals surface area contributed by atoms with E-state index in [2.05, 4.69) is 28.1 Å². The van der Waals surface area contributed by atoms with Crippen LogP contribution in [0.2, 0.25) is 0 Å². The van der Waals surface area contributed by atoms with E-state index in [0.29, 0.717) is 24.5 Å². The van der Waals surface area contributed by atoms with E-state index in [9.17, 15) is 4.79 Å². The van der Waals surface area contributed by atoms with Gasteiger partial charge >= 0.3 is 0 Å². The van der Waals surface area contributed by atoms with Crippen molar-refractivity contribution in [2.75, 3.05) is 20.3 Å². The van der Waals surface area contributed by atoms with Crippen LogP contribution in [0.25, 0.3) is 11.0 Å². The van der Waals surface area contributed by atoms with Crippen molar-refractivity contribution in [2.24, 2.45) is 0 Å². The highest BCUT2D eigenvalue weighted by atomic mass is 16.5. The van der Waals surface area contributed by atoms with Crippen LogP contribution in [0.1, 0.15) is 35.4 Å². The lowest BCUT2D eigenvalue weighted by Gasteiger charge is -2.11. The molecule has 0 aliphatic carbocycles. The van der Waals surface area contributed by atoms with Crippen LogP contribution >= 0.6 is 0 Å². The molecule has 0 saturated heterocycles. The van der Waals surface area contributed by atoms with Crippen LogP contribution in [-0.2, 0) is 13.0 Å². The minimum absolute atomic E-state index is 0.121. The molecule has 4 rings (SSSR count). The van der Waals surface area contributed by atoms with E-state index in [1.165, 1.54) is 0 Å². The second-order valence-electron chi connectivity index (χ2n) is 8.10. The van der Waals surface area contributed by atoms with Crippen molar-refractivity contribution in [3.05, 3.63) is 90.3 Å². The molecule has 0 radical (unpaired) electrons. The fourth-order valence-electron chi connectivity index (χ4n) is 4.02. The first kappa shape index (κ1) is 23.4. The summed E-state index contributed by atoms with van der Waals surface area (Å²) in [7, 11) is 1.57. The second kappa shape index (κ2) is 11.9. The zero-order valence-electron chi connectivity index (χ0n) is 19.6. The first-order chi connectivity index (χ1) is 16.8. The number of hydrogen-bond acceptors (Lipinski definition) is 4. The molecule has 0 saturated carbocycles. The number of hydrogen-bond donors (Lipinski definition) is 1. The Morgan fingerprint density at radius 1 is 0.912 bits per heavy atom. The molecule has 0 unspecified atom stereocenters. The smallest absolute Gasteiger partial charge is 0.255 e. The van der Waals surface area contributed by atoms with Gasteiger partial charge in [0.15, 0.2) is 0 Å². The van der Waals surface area contributed by atoms with Crippen LogP contribution in [0.3, 0.4) is 0 Å². The fraction of sp³-hybridized carbons (Fsp3) is 0.286. The molecular formula is C28H31N3O3. The highest BCUT2D eigenvalue weighted by Crippen LogP contribution is 2.19. The summed E-state index contributed by atoms with van der Waals surface area (Å²) in [4.78, 5) is 17.4. The van der Waals surface area contributed by atoms with E-state index in [0.717, 1.165) is 54.8 Å². The summed E-state index contributed by atoms with van der Waals surface area (Å²) in [5.74, 6) is 2.42. The standard InChI is InChI=1S/C28H31N3O3/c1-33-26-17-8-5-14-23(26)28(32)29-19-11-18-27-30-24-15-6-7-16-25(24)31(27)20-9-10-21-34-22-12-3-2-4-13-22/h2-8,12-17H,9-11,18-21H2,1H3,(H,29,32). The Morgan fingerprint density at radius 3 is 2.53 bits per heavy atom. The van der Waals surface area contributed by atoms with Gasteiger partial charge in [-0.2, -0.15) is 0 Å². The Hall–Kier alpha value is -3.80. The molecule has 1 N–H and O–H groups in total. The Morgan fingerprint density at radius 2 is 1.68 bits per heavy atom. The number of imidazole rings is 1. The molecule has 0 fully saturated rings. The molecule has 4 aromatic rings. The van der Waals surface area contributed by atoms with E-state index in [1.807, 2.05) is 48.5 Å². The van der Waals surface area contributed by atoms with Gasteiger partial charge in [-0.1, -0.05) is 42.5 Å². The zero-order chi connectivity index (χ0) is 23.6. The summed E-state index contributed by atoms with van der Waals surface area (Å²) in [6.07, 6.45) is 3.57. The summed E-state index contributed by atoms with van der Waals surface area (Å²) >= 11 is 0. The molecule has 0 aliphatic rings. The monoisotopic (exact) mass is 457 g/mol. The van der Waals surface area contributed by atoms with Crippen LogP contribution in [0.4, 0.5) is 0 Å². The van der Waals surface area contributed by atoms with E-state index in [-0.39, 0.29) is 5.91 Å². The van der Waals surface area contributed by atoms with E-state index < -0.39 is 0 Å². The number of nitrogens with one attached hydrogen (secondary N) is 1. The van der Waals surface area contributed by atoms with Crippen LogP contribution in [0.15, 0.2) is 78.9 Å². The molecule has 1 aromatic heterocycles. The Balaban J connectivity index is 1.30. The predicted molar refractivity (Wildman–Crippen MR) is 135 cm³/mol. The number of aromatic nitrogens is 2. The number of ether oxygens (including phenoxy) is 2. The summed E-state index contributed by atoms with van der Waals surface area (Å²) < 4.78 is 13.4. The van der Waals surface area contributed by atoms with E-state index in [1.54, 1.807) is 19.2 Å². The van der Waals surface area contributed by atoms with Crippen LogP contribution in [0, 0.1) is 0 Å². The summed E-state index contributed by atoms with van der Waals surface area (Å²) in [6, 6.07) is 25.4. The highest BCUT2D eigenvalue weighted by Gasteiger charge is 2.12. The molecule has 6 heteroatoms. The van der Waals surface area contributed by atoms with Crippen LogP contribution in [-0.4, -0.2) is 35.7 Å². The Labute approximate surface area is 200 Å². The quantitative estimate of drug-likeness (QED) is 0.295. The van der Waals surface area contributed by atoms with Gasteiger partial charge in [0, 0.05) is 19.5 Å². The number of carbonyl (C=O) groups is 1. The fourth-order valence-corrected chi connectivity index (χ4v) is 4.02. The summed E-state index contributed by atoms with van der Waals surface area (Å²) in [5.41, 5.74) is 2.71. The van der Waals surface area contributed by atoms with Gasteiger partial charge in [-0.05, 0) is 55.7 Å². The number of fused-ring (bicyclic) bond motifs is 1. The largest absolute Gasteiger partial charge is 0.496 e.